The number of allylic oxidation sites excluding steroid dienone is 2. The van der Waals surface area contributed by atoms with Gasteiger partial charge in [-0.1, -0.05) is 50.6 Å². The van der Waals surface area contributed by atoms with E-state index in [1.807, 2.05) is 20.8 Å². The quantitative estimate of drug-likeness (QED) is 0.518. The third kappa shape index (κ3) is 7.75. The molecule has 4 atom stereocenters. The van der Waals surface area contributed by atoms with Crippen LogP contribution in [0.15, 0.2) is 46.6 Å². The van der Waals surface area contributed by atoms with E-state index < -0.39 is 29.6 Å². The van der Waals surface area contributed by atoms with Gasteiger partial charge in [0.1, 0.15) is 23.7 Å². The van der Waals surface area contributed by atoms with Crippen molar-refractivity contribution < 1.29 is 33.4 Å². The van der Waals surface area contributed by atoms with Crippen LogP contribution in [0.5, 0.6) is 0 Å². The molecule has 1 fully saturated rings. The first-order valence-corrected chi connectivity index (χ1v) is 13.4. The SMILES string of the molecule is CC1=C\[C@@H](O)CC(=O)Cc2nc(co2)C(=O)N2CCC[C@]2(C)C(=O)O[C@H](C(C)C)[C@H](C)/C=C/C(=O)NC\C=C\1. The maximum absolute atomic E-state index is 13.5. The zero-order valence-corrected chi connectivity index (χ0v) is 23.3. The van der Waals surface area contributed by atoms with Gasteiger partial charge in [-0.2, -0.15) is 0 Å². The van der Waals surface area contributed by atoms with Gasteiger partial charge in [-0.25, -0.2) is 9.78 Å². The van der Waals surface area contributed by atoms with Gasteiger partial charge >= 0.3 is 5.97 Å². The first-order chi connectivity index (χ1) is 18.4. The van der Waals surface area contributed by atoms with E-state index >= 15 is 0 Å². The number of hydrogen-bond acceptors (Lipinski definition) is 8. The predicted octanol–water partition coefficient (Wildman–Crippen LogP) is 2.92. The van der Waals surface area contributed by atoms with Gasteiger partial charge in [-0.15, -0.1) is 0 Å². The number of carbonyl (C=O) groups excluding carboxylic acids is 4. The zero-order valence-electron chi connectivity index (χ0n) is 23.3. The molecule has 1 aromatic rings. The van der Waals surface area contributed by atoms with E-state index in [2.05, 4.69) is 10.3 Å². The molecule has 0 aliphatic carbocycles. The number of ether oxygens (including phenoxy) is 1. The van der Waals surface area contributed by atoms with Crippen LogP contribution < -0.4 is 5.32 Å². The highest BCUT2D eigenvalue weighted by molar-refractivity contribution is 5.97. The molecule has 0 unspecified atom stereocenters. The molecule has 212 valence electrons. The number of amides is 2. The number of ketones is 1. The topological polar surface area (TPSA) is 139 Å². The van der Waals surface area contributed by atoms with Crippen LogP contribution in [0.1, 0.15) is 70.3 Å². The lowest BCUT2D eigenvalue weighted by Crippen LogP contribution is -2.53. The number of oxazole rings is 1. The Hall–Kier alpha value is -3.53. The van der Waals surface area contributed by atoms with Gasteiger partial charge in [0.25, 0.3) is 5.91 Å². The fourth-order valence-corrected chi connectivity index (χ4v) is 4.93. The van der Waals surface area contributed by atoms with E-state index in [0.717, 1.165) is 5.57 Å². The van der Waals surface area contributed by atoms with E-state index in [-0.39, 0.29) is 54.5 Å². The van der Waals surface area contributed by atoms with E-state index in [1.54, 1.807) is 38.2 Å². The number of Topliss-reactive ketones (excluding diaryl/α,β-unsaturated/α-hetero) is 1. The second-order valence-corrected chi connectivity index (χ2v) is 10.8. The van der Waals surface area contributed by atoms with Gasteiger partial charge in [-0.3, -0.25) is 14.4 Å². The largest absolute Gasteiger partial charge is 0.460 e. The van der Waals surface area contributed by atoms with Crippen molar-refractivity contribution in [1.29, 1.82) is 0 Å². The lowest BCUT2D eigenvalue weighted by molar-refractivity contribution is -0.164. The molecule has 0 saturated carbocycles. The van der Waals surface area contributed by atoms with Crippen LogP contribution in [-0.2, 0) is 25.5 Å². The Morgan fingerprint density at radius 2 is 1.95 bits per heavy atom. The third-order valence-corrected chi connectivity index (χ3v) is 7.08. The second kappa shape index (κ2) is 13.0. The molecule has 3 heterocycles. The number of esters is 1. The fourth-order valence-electron chi connectivity index (χ4n) is 4.93. The van der Waals surface area contributed by atoms with Gasteiger partial charge in [-0.05, 0) is 38.7 Å². The summed E-state index contributed by atoms with van der Waals surface area (Å²) in [6, 6.07) is 0. The summed E-state index contributed by atoms with van der Waals surface area (Å²) in [5.41, 5.74) is -0.469. The van der Waals surface area contributed by atoms with E-state index in [1.165, 1.54) is 17.2 Å². The molecule has 2 amide bonds. The van der Waals surface area contributed by atoms with Gasteiger partial charge < -0.3 is 24.5 Å². The summed E-state index contributed by atoms with van der Waals surface area (Å²) in [5, 5.41) is 13.0. The molecule has 2 bridgehead atoms. The van der Waals surface area contributed by atoms with Gasteiger partial charge in [0.2, 0.25) is 11.8 Å². The van der Waals surface area contributed by atoms with Crippen molar-refractivity contribution in [3.63, 3.8) is 0 Å². The summed E-state index contributed by atoms with van der Waals surface area (Å²) >= 11 is 0. The number of carbonyl (C=O) groups is 4. The minimum atomic E-state index is -1.20. The second-order valence-electron chi connectivity index (χ2n) is 10.8. The van der Waals surface area contributed by atoms with Crippen molar-refractivity contribution in [2.45, 2.75) is 78.0 Å². The molecule has 2 aliphatic heterocycles. The fraction of sp³-hybridized carbons (Fsp3) is 0.552. The Bertz CT molecular complexity index is 1170. The highest BCUT2D eigenvalue weighted by atomic mass is 16.5. The summed E-state index contributed by atoms with van der Waals surface area (Å²) in [4.78, 5) is 57.3. The van der Waals surface area contributed by atoms with Gasteiger partial charge in [0, 0.05) is 25.4 Å². The number of aliphatic hydroxyl groups is 1. The Morgan fingerprint density at radius 1 is 1.21 bits per heavy atom. The summed E-state index contributed by atoms with van der Waals surface area (Å²) in [7, 11) is 0. The zero-order chi connectivity index (χ0) is 28.7. The van der Waals surface area contributed by atoms with Crippen LogP contribution in [0, 0.1) is 11.8 Å². The summed E-state index contributed by atoms with van der Waals surface area (Å²) in [5.74, 6) is -1.83. The smallest absolute Gasteiger partial charge is 0.332 e. The Morgan fingerprint density at radius 3 is 2.67 bits per heavy atom. The van der Waals surface area contributed by atoms with E-state index in [0.29, 0.717) is 19.4 Å². The molecule has 39 heavy (non-hydrogen) atoms. The van der Waals surface area contributed by atoms with E-state index in [4.69, 9.17) is 9.15 Å². The van der Waals surface area contributed by atoms with E-state index in [9.17, 15) is 24.3 Å². The average Bonchev–Trinajstić information content (AvgIpc) is 3.49. The summed E-state index contributed by atoms with van der Waals surface area (Å²) < 4.78 is 11.4. The van der Waals surface area contributed by atoms with Crippen LogP contribution in [0.2, 0.25) is 0 Å². The first kappa shape index (κ1) is 30.0. The third-order valence-electron chi connectivity index (χ3n) is 7.08. The maximum Gasteiger partial charge on any atom is 0.332 e. The normalized spacial score (nSPS) is 31.2. The number of rotatable bonds is 1. The van der Waals surface area contributed by atoms with Crippen LogP contribution in [-0.4, -0.2) is 69.4 Å². The number of aromatic nitrogens is 1. The molecule has 0 radical (unpaired) electrons. The molecule has 2 aliphatic rings. The molecule has 3 rings (SSSR count). The molecule has 2 N–H and O–H groups in total. The molecular formula is C29H39N3O7. The summed E-state index contributed by atoms with van der Waals surface area (Å²) in [6.45, 7) is 9.83. The first-order valence-electron chi connectivity index (χ1n) is 13.4. The minimum absolute atomic E-state index is 0.00117. The van der Waals surface area contributed by atoms with Crippen molar-refractivity contribution in [3.05, 3.63) is 53.8 Å². The van der Waals surface area contributed by atoms with Gasteiger partial charge in [0.15, 0.2) is 5.69 Å². The number of fused-ring (bicyclic) bond motifs is 3. The number of nitrogens with one attached hydrogen (secondary N) is 1. The van der Waals surface area contributed by atoms with Crippen molar-refractivity contribution in [1.82, 2.24) is 15.2 Å². The number of hydrogen-bond donors (Lipinski definition) is 2. The molecular weight excluding hydrogens is 502 g/mol. The maximum atomic E-state index is 13.5. The minimum Gasteiger partial charge on any atom is -0.460 e. The lowest BCUT2D eigenvalue weighted by atomic mass is 9.93. The van der Waals surface area contributed by atoms with Crippen LogP contribution >= 0.6 is 0 Å². The number of aliphatic hydroxyl groups excluding tert-OH is 1. The molecule has 10 nitrogen and oxygen atoms in total. The number of nitrogens with zero attached hydrogens (tertiary/aromatic N) is 2. The van der Waals surface area contributed by atoms with Crippen molar-refractivity contribution in [2.24, 2.45) is 11.8 Å². The molecule has 0 spiro atoms. The van der Waals surface area contributed by atoms with Crippen molar-refractivity contribution >= 4 is 23.6 Å². The highest BCUT2D eigenvalue weighted by Gasteiger charge is 2.49. The Labute approximate surface area is 229 Å². The van der Waals surface area contributed by atoms with Crippen molar-refractivity contribution in [2.75, 3.05) is 13.1 Å². The molecule has 0 aromatic carbocycles. The molecule has 1 aromatic heterocycles. The van der Waals surface area contributed by atoms with Crippen molar-refractivity contribution in [3.8, 4) is 0 Å². The van der Waals surface area contributed by atoms with Crippen LogP contribution in [0.4, 0.5) is 0 Å². The van der Waals surface area contributed by atoms with Crippen LogP contribution in [0.25, 0.3) is 0 Å². The monoisotopic (exact) mass is 541 g/mol. The molecule has 10 heteroatoms. The summed E-state index contributed by atoms with van der Waals surface area (Å²) in [6.07, 6.45) is 8.54. The lowest BCUT2D eigenvalue weighted by Gasteiger charge is -2.35. The molecule has 1 saturated heterocycles. The highest BCUT2D eigenvalue weighted by Crippen LogP contribution is 2.33. The average molecular weight is 542 g/mol. The Balaban J connectivity index is 1.90. The standard InChI is InChI=1S/C29H39N3O7/c1-18(2)26-20(4)9-10-24(35)30-12-6-8-19(3)14-21(33)15-22(34)16-25-31-23(17-38-25)27(36)32-13-7-11-29(32,5)28(37)39-26/h6,8-10,14,17-18,20-21,26,33H,7,11-13,15-16H2,1-5H3,(H,30,35)/b8-6+,10-9+,19-14+/t20-,21-,26-,29-/m1/s1. The number of cyclic esters (lactones) is 1. The Kier molecular flexibility index (Phi) is 10.0. The van der Waals surface area contributed by atoms with Crippen LogP contribution in [0.3, 0.4) is 0 Å². The van der Waals surface area contributed by atoms with Gasteiger partial charge in [0.05, 0.1) is 12.5 Å². The predicted molar refractivity (Wildman–Crippen MR) is 143 cm³/mol.